The molecule has 0 saturated carbocycles. The van der Waals surface area contributed by atoms with Crippen LogP contribution in [-0.2, 0) is 6.54 Å². The highest BCUT2D eigenvalue weighted by Crippen LogP contribution is 2.33. The van der Waals surface area contributed by atoms with E-state index in [1.165, 1.54) is 0 Å². The number of nitrogens with one attached hydrogen (secondary N) is 1. The fraction of sp³-hybridized carbons (Fsp3) is 0.211. The van der Waals surface area contributed by atoms with Crippen molar-refractivity contribution >= 4 is 11.6 Å². The summed E-state index contributed by atoms with van der Waals surface area (Å²) in [7, 11) is 3.19. The third-order valence-electron chi connectivity index (χ3n) is 3.92. The Labute approximate surface area is 151 Å². The maximum absolute atomic E-state index is 12.6. The highest BCUT2D eigenvalue weighted by atomic mass is 16.5. The Kier molecular flexibility index (Phi) is 5.17. The van der Waals surface area contributed by atoms with E-state index < -0.39 is 0 Å². The van der Waals surface area contributed by atoms with Gasteiger partial charge in [-0.15, -0.1) is 0 Å². The molecule has 0 atom stereocenters. The lowest BCUT2D eigenvalue weighted by molar-refractivity contribution is 0.101. The van der Waals surface area contributed by atoms with Gasteiger partial charge in [-0.2, -0.15) is 5.10 Å². The Balaban J connectivity index is 1.95. The number of rotatable bonds is 6. The summed E-state index contributed by atoms with van der Waals surface area (Å²) in [6.07, 6.45) is 3.25. The van der Waals surface area contributed by atoms with E-state index in [0.717, 1.165) is 5.56 Å². The minimum Gasteiger partial charge on any atom is -0.497 e. The first-order valence-electron chi connectivity index (χ1n) is 8.18. The topological polar surface area (TPSA) is 78.3 Å². The molecule has 1 N–H and O–H groups in total. The fourth-order valence-electron chi connectivity index (χ4n) is 2.61. The minimum atomic E-state index is -0.244. The highest BCUT2D eigenvalue weighted by molar-refractivity contribution is 6.03. The number of hydrogen-bond donors (Lipinski definition) is 1. The van der Waals surface area contributed by atoms with Crippen LogP contribution < -0.4 is 14.8 Å². The van der Waals surface area contributed by atoms with Crippen molar-refractivity contribution in [2.24, 2.45) is 0 Å². The molecular formula is C19H20N4O3. The summed E-state index contributed by atoms with van der Waals surface area (Å²) in [5.74, 6) is 1.07. The number of carbonyl (C=O) groups is 1. The van der Waals surface area contributed by atoms with E-state index in [9.17, 15) is 4.79 Å². The SMILES string of the molecule is CCn1nc(-c2ccc(OC)cc2OC)cc1C(=O)Nc1cccnc1. The second-order valence-corrected chi connectivity index (χ2v) is 5.49. The molecule has 134 valence electrons. The van der Waals surface area contributed by atoms with Crippen molar-refractivity contribution in [1.82, 2.24) is 14.8 Å². The van der Waals surface area contributed by atoms with Crippen LogP contribution in [0.4, 0.5) is 5.69 Å². The predicted molar refractivity (Wildman–Crippen MR) is 98.6 cm³/mol. The third kappa shape index (κ3) is 3.51. The summed E-state index contributed by atoms with van der Waals surface area (Å²) >= 11 is 0. The number of nitrogens with zero attached hydrogens (tertiary/aromatic N) is 3. The molecule has 2 aromatic heterocycles. The van der Waals surface area contributed by atoms with Gasteiger partial charge in [0.15, 0.2) is 0 Å². The zero-order chi connectivity index (χ0) is 18.5. The first kappa shape index (κ1) is 17.5. The molecule has 0 radical (unpaired) electrons. The molecule has 3 rings (SSSR count). The summed E-state index contributed by atoms with van der Waals surface area (Å²) in [6, 6.07) is 10.8. The van der Waals surface area contributed by atoms with E-state index in [1.807, 2.05) is 19.1 Å². The molecule has 0 unspecified atom stereocenters. The van der Waals surface area contributed by atoms with Crippen LogP contribution in [0.25, 0.3) is 11.3 Å². The summed E-state index contributed by atoms with van der Waals surface area (Å²) in [4.78, 5) is 16.6. The van der Waals surface area contributed by atoms with Crippen LogP contribution in [0.5, 0.6) is 11.5 Å². The highest BCUT2D eigenvalue weighted by Gasteiger charge is 2.18. The van der Waals surface area contributed by atoms with E-state index in [-0.39, 0.29) is 5.91 Å². The van der Waals surface area contributed by atoms with E-state index in [2.05, 4.69) is 15.4 Å². The van der Waals surface area contributed by atoms with E-state index in [1.54, 1.807) is 55.6 Å². The van der Waals surface area contributed by atoms with Crippen LogP contribution in [0.3, 0.4) is 0 Å². The van der Waals surface area contributed by atoms with Crippen molar-refractivity contribution < 1.29 is 14.3 Å². The number of pyridine rings is 1. The minimum absolute atomic E-state index is 0.244. The van der Waals surface area contributed by atoms with Gasteiger partial charge in [-0.1, -0.05) is 0 Å². The molecule has 0 spiro atoms. The number of amides is 1. The van der Waals surface area contributed by atoms with Gasteiger partial charge < -0.3 is 14.8 Å². The average molecular weight is 352 g/mol. The Hall–Kier alpha value is -3.35. The van der Waals surface area contributed by atoms with Gasteiger partial charge in [-0.3, -0.25) is 14.5 Å². The van der Waals surface area contributed by atoms with Crippen molar-refractivity contribution in [2.45, 2.75) is 13.5 Å². The van der Waals surface area contributed by atoms with E-state index in [4.69, 9.17) is 9.47 Å². The van der Waals surface area contributed by atoms with Gasteiger partial charge in [0.1, 0.15) is 17.2 Å². The quantitative estimate of drug-likeness (QED) is 0.737. The van der Waals surface area contributed by atoms with Gasteiger partial charge in [0, 0.05) is 24.4 Å². The number of anilines is 1. The van der Waals surface area contributed by atoms with Crippen LogP contribution in [-0.4, -0.2) is 34.9 Å². The van der Waals surface area contributed by atoms with Crippen LogP contribution in [0.15, 0.2) is 48.8 Å². The maximum atomic E-state index is 12.6. The molecule has 0 aliphatic heterocycles. The monoisotopic (exact) mass is 352 g/mol. The van der Waals surface area contributed by atoms with Gasteiger partial charge in [0.25, 0.3) is 5.91 Å². The average Bonchev–Trinajstić information content (AvgIpc) is 3.12. The van der Waals surface area contributed by atoms with Crippen LogP contribution >= 0.6 is 0 Å². The molecule has 2 heterocycles. The van der Waals surface area contributed by atoms with Crippen LogP contribution in [0, 0.1) is 0 Å². The standard InChI is InChI=1S/C19H20N4O3/c1-4-23-17(19(24)21-13-6-5-9-20-12-13)11-16(22-23)15-8-7-14(25-2)10-18(15)26-3/h5-12H,4H2,1-3H3,(H,21,24). The number of benzene rings is 1. The largest absolute Gasteiger partial charge is 0.497 e. The lowest BCUT2D eigenvalue weighted by Crippen LogP contribution is -2.17. The summed E-state index contributed by atoms with van der Waals surface area (Å²) in [5.41, 5.74) is 2.53. The molecule has 1 aromatic carbocycles. The van der Waals surface area contributed by atoms with Gasteiger partial charge in [-0.25, -0.2) is 0 Å². The molecule has 3 aromatic rings. The Morgan fingerprint density at radius 1 is 1.19 bits per heavy atom. The van der Waals surface area contributed by atoms with Crippen molar-refractivity contribution in [3.63, 3.8) is 0 Å². The van der Waals surface area contributed by atoms with Crippen LogP contribution in [0.2, 0.25) is 0 Å². The number of carbonyl (C=O) groups excluding carboxylic acids is 1. The Bertz CT molecular complexity index is 906. The normalized spacial score (nSPS) is 10.4. The zero-order valence-electron chi connectivity index (χ0n) is 14.9. The number of ether oxygens (including phenoxy) is 2. The number of methoxy groups -OCH3 is 2. The predicted octanol–water partition coefficient (Wildman–Crippen LogP) is 3.23. The zero-order valence-corrected chi connectivity index (χ0v) is 14.9. The molecule has 1 amide bonds. The molecule has 0 aliphatic carbocycles. The summed E-state index contributed by atoms with van der Waals surface area (Å²) in [5, 5.41) is 7.38. The Morgan fingerprint density at radius 2 is 2.04 bits per heavy atom. The molecule has 7 heteroatoms. The fourth-order valence-corrected chi connectivity index (χ4v) is 2.61. The van der Waals surface area contributed by atoms with Gasteiger partial charge in [0.05, 0.1) is 31.8 Å². The van der Waals surface area contributed by atoms with Crippen molar-refractivity contribution in [2.75, 3.05) is 19.5 Å². The molecule has 0 fully saturated rings. The first-order valence-corrected chi connectivity index (χ1v) is 8.18. The lowest BCUT2D eigenvalue weighted by atomic mass is 10.1. The Morgan fingerprint density at radius 3 is 2.69 bits per heavy atom. The van der Waals surface area contributed by atoms with Gasteiger partial charge in [-0.05, 0) is 37.3 Å². The lowest BCUT2D eigenvalue weighted by Gasteiger charge is -2.08. The second-order valence-electron chi connectivity index (χ2n) is 5.49. The second kappa shape index (κ2) is 7.69. The smallest absolute Gasteiger partial charge is 0.273 e. The number of aryl methyl sites for hydroxylation is 1. The van der Waals surface area contributed by atoms with E-state index in [0.29, 0.717) is 35.1 Å². The molecule has 0 aliphatic rings. The number of hydrogen-bond acceptors (Lipinski definition) is 5. The van der Waals surface area contributed by atoms with Gasteiger partial charge >= 0.3 is 0 Å². The van der Waals surface area contributed by atoms with E-state index >= 15 is 0 Å². The summed E-state index contributed by atoms with van der Waals surface area (Å²) in [6.45, 7) is 2.50. The molecule has 26 heavy (non-hydrogen) atoms. The third-order valence-corrected chi connectivity index (χ3v) is 3.92. The first-order chi connectivity index (χ1) is 12.7. The van der Waals surface area contributed by atoms with Crippen molar-refractivity contribution in [1.29, 1.82) is 0 Å². The molecule has 0 saturated heterocycles. The number of aromatic nitrogens is 3. The molecule has 0 bridgehead atoms. The van der Waals surface area contributed by atoms with Gasteiger partial charge in [0.2, 0.25) is 0 Å². The van der Waals surface area contributed by atoms with Crippen molar-refractivity contribution in [3.8, 4) is 22.8 Å². The summed E-state index contributed by atoms with van der Waals surface area (Å²) < 4.78 is 12.3. The molecule has 7 nitrogen and oxygen atoms in total. The molecular weight excluding hydrogens is 332 g/mol. The van der Waals surface area contributed by atoms with Crippen molar-refractivity contribution in [3.05, 3.63) is 54.5 Å². The maximum Gasteiger partial charge on any atom is 0.273 e. The van der Waals surface area contributed by atoms with Crippen LogP contribution in [0.1, 0.15) is 17.4 Å².